The van der Waals surface area contributed by atoms with Gasteiger partial charge in [0.15, 0.2) is 11.5 Å². The first-order chi connectivity index (χ1) is 11.6. The van der Waals surface area contributed by atoms with Crippen molar-refractivity contribution in [3.8, 4) is 11.5 Å². The predicted molar refractivity (Wildman–Crippen MR) is 89.1 cm³/mol. The second kappa shape index (κ2) is 7.04. The van der Waals surface area contributed by atoms with Gasteiger partial charge in [0.25, 0.3) is 0 Å². The Morgan fingerprint density at radius 1 is 0.958 bits per heavy atom. The van der Waals surface area contributed by atoms with Gasteiger partial charge in [0.05, 0.1) is 6.04 Å². The van der Waals surface area contributed by atoms with Crippen molar-refractivity contribution in [3.05, 3.63) is 54.1 Å². The highest BCUT2D eigenvalue weighted by Crippen LogP contribution is 2.32. The number of fused-ring (bicyclic) bond motifs is 1. The van der Waals surface area contributed by atoms with Crippen LogP contribution in [0.5, 0.6) is 11.5 Å². The van der Waals surface area contributed by atoms with E-state index in [0.29, 0.717) is 30.4 Å². The van der Waals surface area contributed by atoms with Crippen LogP contribution in [0.15, 0.2) is 48.5 Å². The fourth-order valence-corrected chi connectivity index (χ4v) is 2.40. The summed E-state index contributed by atoms with van der Waals surface area (Å²) in [5.74, 6) is -0.241. The monoisotopic (exact) mass is 326 g/mol. The first kappa shape index (κ1) is 15.9. The maximum absolute atomic E-state index is 12.1. The van der Waals surface area contributed by atoms with Crippen LogP contribution in [-0.2, 0) is 9.59 Å². The molecule has 0 spiro atoms. The molecular formula is C18H18N2O4. The van der Waals surface area contributed by atoms with Crippen molar-refractivity contribution in [1.29, 1.82) is 0 Å². The molecule has 1 aliphatic rings. The molecule has 0 aliphatic carbocycles. The number of hydrogen-bond donors (Lipinski definition) is 2. The third kappa shape index (κ3) is 3.65. The van der Waals surface area contributed by atoms with Crippen molar-refractivity contribution in [2.75, 3.05) is 18.5 Å². The number of nitrogens with one attached hydrogen (secondary N) is 2. The molecule has 2 N–H and O–H groups in total. The van der Waals surface area contributed by atoms with Gasteiger partial charge in [0.2, 0.25) is 0 Å². The third-order valence-corrected chi connectivity index (χ3v) is 3.65. The van der Waals surface area contributed by atoms with E-state index in [0.717, 1.165) is 5.56 Å². The summed E-state index contributed by atoms with van der Waals surface area (Å²) in [4.78, 5) is 24.1. The topological polar surface area (TPSA) is 76.7 Å². The molecule has 6 heteroatoms. The zero-order valence-electron chi connectivity index (χ0n) is 13.2. The molecule has 0 fully saturated rings. The predicted octanol–water partition coefficient (Wildman–Crippen LogP) is 2.27. The molecule has 2 aromatic carbocycles. The second-order valence-electron chi connectivity index (χ2n) is 5.42. The number of anilines is 1. The summed E-state index contributed by atoms with van der Waals surface area (Å²) in [6.45, 7) is 2.78. The van der Waals surface area contributed by atoms with Crippen LogP contribution in [0.3, 0.4) is 0 Å². The van der Waals surface area contributed by atoms with Crippen LogP contribution in [0.25, 0.3) is 0 Å². The Balaban J connectivity index is 1.61. The van der Waals surface area contributed by atoms with E-state index in [4.69, 9.17) is 9.47 Å². The summed E-state index contributed by atoms with van der Waals surface area (Å²) in [7, 11) is 0. The SMILES string of the molecule is CC(NC(=O)C(=O)Nc1ccc2c(c1)OCCO2)c1ccccc1. The summed E-state index contributed by atoms with van der Waals surface area (Å²) in [6, 6.07) is 14.2. The molecule has 24 heavy (non-hydrogen) atoms. The molecule has 124 valence electrons. The highest BCUT2D eigenvalue weighted by molar-refractivity contribution is 6.39. The average Bonchev–Trinajstić information content (AvgIpc) is 2.62. The van der Waals surface area contributed by atoms with Crippen LogP contribution < -0.4 is 20.1 Å². The normalized spacial score (nSPS) is 13.7. The van der Waals surface area contributed by atoms with Gasteiger partial charge in [-0.3, -0.25) is 9.59 Å². The number of rotatable bonds is 3. The van der Waals surface area contributed by atoms with E-state index in [1.54, 1.807) is 18.2 Å². The lowest BCUT2D eigenvalue weighted by Crippen LogP contribution is -2.36. The number of carbonyl (C=O) groups excluding carboxylic acids is 2. The Morgan fingerprint density at radius 2 is 1.67 bits per heavy atom. The van der Waals surface area contributed by atoms with Gasteiger partial charge in [0, 0.05) is 11.8 Å². The van der Waals surface area contributed by atoms with Crippen LogP contribution >= 0.6 is 0 Å². The lowest BCUT2D eigenvalue weighted by atomic mass is 10.1. The van der Waals surface area contributed by atoms with Gasteiger partial charge in [-0.15, -0.1) is 0 Å². The maximum Gasteiger partial charge on any atom is 0.313 e. The minimum atomic E-state index is -0.727. The van der Waals surface area contributed by atoms with Gasteiger partial charge >= 0.3 is 11.8 Å². The number of amides is 2. The van der Waals surface area contributed by atoms with E-state index in [1.807, 2.05) is 37.3 Å². The van der Waals surface area contributed by atoms with Gasteiger partial charge in [0.1, 0.15) is 13.2 Å². The number of ether oxygens (including phenoxy) is 2. The second-order valence-corrected chi connectivity index (χ2v) is 5.42. The fraction of sp³-hybridized carbons (Fsp3) is 0.222. The zero-order chi connectivity index (χ0) is 16.9. The van der Waals surface area contributed by atoms with Crippen LogP contribution in [-0.4, -0.2) is 25.0 Å². The lowest BCUT2D eigenvalue weighted by Gasteiger charge is -2.19. The molecule has 0 saturated heterocycles. The summed E-state index contributed by atoms with van der Waals surface area (Å²) in [6.07, 6.45) is 0. The molecule has 1 unspecified atom stereocenters. The number of benzene rings is 2. The van der Waals surface area contributed by atoms with E-state index in [1.165, 1.54) is 0 Å². The van der Waals surface area contributed by atoms with Crippen molar-refractivity contribution in [1.82, 2.24) is 5.32 Å². The van der Waals surface area contributed by atoms with Crippen molar-refractivity contribution in [2.24, 2.45) is 0 Å². The minimum Gasteiger partial charge on any atom is -0.486 e. The highest BCUT2D eigenvalue weighted by Gasteiger charge is 2.18. The van der Waals surface area contributed by atoms with Gasteiger partial charge in [-0.2, -0.15) is 0 Å². The van der Waals surface area contributed by atoms with Gasteiger partial charge in [-0.05, 0) is 24.6 Å². The summed E-state index contributed by atoms with van der Waals surface area (Å²) < 4.78 is 10.9. The number of carbonyl (C=O) groups is 2. The molecule has 1 heterocycles. The molecule has 1 atom stereocenters. The van der Waals surface area contributed by atoms with E-state index in [-0.39, 0.29) is 6.04 Å². The maximum atomic E-state index is 12.1. The van der Waals surface area contributed by atoms with E-state index < -0.39 is 11.8 Å². The van der Waals surface area contributed by atoms with Crippen LogP contribution in [0, 0.1) is 0 Å². The van der Waals surface area contributed by atoms with Crippen LogP contribution in [0.4, 0.5) is 5.69 Å². The van der Waals surface area contributed by atoms with E-state index in [9.17, 15) is 9.59 Å². The highest BCUT2D eigenvalue weighted by atomic mass is 16.6. The molecule has 1 aliphatic heterocycles. The van der Waals surface area contributed by atoms with E-state index in [2.05, 4.69) is 10.6 Å². The molecule has 3 rings (SSSR count). The summed E-state index contributed by atoms with van der Waals surface area (Å²) in [5.41, 5.74) is 1.41. The summed E-state index contributed by atoms with van der Waals surface area (Å²) >= 11 is 0. The standard InChI is InChI=1S/C18H18N2O4/c1-12(13-5-3-2-4-6-13)19-17(21)18(22)20-14-7-8-15-16(11-14)24-10-9-23-15/h2-8,11-12H,9-10H2,1H3,(H,19,21)(H,20,22). The Morgan fingerprint density at radius 3 is 2.42 bits per heavy atom. The zero-order valence-corrected chi connectivity index (χ0v) is 13.2. The first-order valence-electron chi connectivity index (χ1n) is 7.70. The largest absolute Gasteiger partial charge is 0.486 e. The summed E-state index contributed by atoms with van der Waals surface area (Å²) in [5, 5.41) is 5.23. The quantitative estimate of drug-likeness (QED) is 0.849. The van der Waals surface area contributed by atoms with Gasteiger partial charge < -0.3 is 20.1 Å². The Bertz CT molecular complexity index is 746. The van der Waals surface area contributed by atoms with Crippen molar-refractivity contribution >= 4 is 17.5 Å². The fourth-order valence-electron chi connectivity index (χ4n) is 2.40. The van der Waals surface area contributed by atoms with E-state index >= 15 is 0 Å². The van der Waals surface area contributed by atoms with Crippen LogP contribution in [0.2, 0.25) is 0 Å². The molecule has 2 aromatic rings. The smallest absolute Gasteiger partial charge is 0.313 e. The average molecular weight is 326 g/mol. The van der Waals surface area contributed by atoms with Crippen molar-refractivity contribution < 1.29 is 19.1 Å². The van der Waals surface area contributed by atoms with Crippen molar-refractivity contribution in [2.45, 2.75) is 13.0 Å². The van der Waals surface area contributed by atoms with Gasteiger partial charge in [-0.1, -0.05) is 30.3 Å². The molecule has 0 saturated carbocycles. The first-order valence-corrected chi connectivity index (χ1v) is 7.70. The minimum absolute atomic E-state index is 0.260. The number of hydrogen-bond acceptors (Lipinski definition) is 4. The molecule has 6 nitrogen and oxygen atoms in total. The molecule has 0 radical (unpaired) electrons. The Hall–Kier alpha value is -3.02. The lowest BCUT2D eigenvalue weighted by molar-refractivity contribution is -0.136. The Kier molecular flexibility index (Phi) is 4.65. The Labute approximate surface area is 139 Å². The molecule has 0 bridgehead atoms. The third-order valence-electron chi connectivity index (χ3n) is 3.65. The molecular weight excluding hydrogens is 308 g/mol. The van der Waals surface area contributed by atoms with Crippen molar-refractivity contribution in [3.63, 3.8) is 0 Å². The van der Waals surface area contributed by atoms with Gasteiger partial charge in [-0.25, -0.2) is 0 Å². The molecule has 2 amide bonds. The molecule has 0 aromatic heterocycles. The van der Waals surface area contributed by atoms with Crippen LogP contribution in [0.1, 0.15) is 18.5 Å².